The first-order chi connectivity index (χ1) is 11.6. The van der Waals surface area contributed by atoms with E-state index in [1.807, 2.05) is 0 Å². The summed E-state index contributed by atoms with van der Waals surface area (Å²) in [4.78, 5) is 8.22. The first kappa shape index (κ1) is 16.0. The number of rotatable bonds is 6. The molecule has 3 rings (SSSR count). The number of alkyl halides is 2. The van der Waals surface area contributed by atoms with Crippen LogP contribution < -0.4 is 10.1 Å². The molecule has 24 heavy (non-hydrogen) atoms. The van der Waals surface area contributed by atoms with Gasteiger partial charge in [0, 0.05) is 11.9 Å². The normalized spacial score (nSPS) is 11.0. The Morgan fingerprint density at radius 1 is 1.04 bits per heavy atom. The Kier molecular flexibility index (Phi) is 4.79. The van der Waals surface area contributed by atoms with Gasteiger partial charge in [0.05, 0.1) is 5.52 Å². The molecular weight excluding hydrogens is 319 g/mol. The molecule has 4 nitrogen and oxygen atoms in total. The second kappa shape index (κ2) is 7.16. The average Bonchev–Trinajstić information content (AvgIpc) is 2.56. The number of hydrogen-bond donors (Lipinski definition) is 1. The zero-order chi connectivity index (χ0) is 16.9. The van der Waals surface area contributed by atoms with Crippen molar-refractivity contribution in [2.45, 2.75) is 13.0 Å². The maximum atomic E-state index is 13.4. The smallest absolute Gasteiger partial charge is 0.387 e. The van der Waals surface area contributed by atoms with Crippen molar-refractivity contribution in [1.29, 1.82) is 0 Å². The third kappa shape index (κ3) is 3.92. The van der Waals surface area contributed by atoms with Crippen LogP contribution in [0.4, 0.5) is 19.0 Å². The lowest BCUT2D eigenvalue weighted by atomic mass is 10.1. The fraction of sp³-hybridized carbons (Fsp3) is 0.176. The van der Waals surface area contributed by atoms with Gasteiger partial charge in [0.2, 0.25) is 0 Å². The molecule has 124 valence electrons. The molecule has 0 amide bonds. The van der Waals surface area contributed by atoms with E-state index in [0.29, 0.717) is 29.7 Å². The number of halogens is 3. The van der Waals surface area contributed by atoms with Crippen LogP contribution in [-0.4, -0.2) is 23.1 Å². The SMILES string of the molecule is Fc1ccc2ncnc(NCCc3ccc(OC(F)F)cc3)c2c1. The highest BCUT2D eigenvalue weighted by atomic mass is 19.3. The quantitative estimate of drug-likeness (QED) is 0.740. The summed E-state index contributed by atoms with van der Waals surface area (Å²) >= 11 is 0. The predicted molar refractivity (Wildman–Crippen MR) is 84.8 cm³/mol. The summed E-state index contributed by atoms with van der Waals surface area (Å²) in [7, 11) is 0. The Morgan fingerprint density at radius 3 is 2.58 bits per heavy atom. The molecule has 3 aromatic rings. The van der Waals surface area contributed by atoms with Gasteiger partial charge in [-0.25, -0.2) is 14.4 Å². The van der Waals surface area contributed by atoms with Gasteiger partial charge in [-0.15, -0.1) is 0 Å². The van der Waals surface area contributed by atoms with E-state index in [4.69, 9.17) is 0 Å². The summed E-state index contributed by atoms with van der Waals surface area (Å²) in [6.45, 7) is -2.28. The third-order valence-electron chi connectivity index (χ3n) is 3.45. The summed E-state index contributed by atoms with van der Waals surface area (Å²) in [5.74, 6) is 0.325. The van der Waals surface area contributed by atoms with Crippen molar-refractivity contribution in [3.63, 3.8) is 0 Å². The Morgan fingerprint density at radius 2 is 1.83 bits per heavy atom. The molecule has 0 bridgehead atoms. The van der Waals surface area contributed by atoms with E-state index in [-0.39, 0.29) is 11.6 Å². The molecule has 0 aliphatic rings. The molecule has 0 saturated carbocycles. The van der Waals surface area contributed by atoms with E-state index in [2.05, 4.69) is 20.0 Å². The number of ether oxygens (including phenoxy) is 1. The van der Waals surface area contributed by atoms with Gasteiger partial charge < -0.3 is 10.1 Å². The van der Waals surface area contributed by atoms with Gasteiger partial charge in [-0.3, -0.25) is 0 Å². The molecule has 7 heteroatoms. The zero-order valence-corrected chi connectivity index (χ0v) is 12.5. The van der Waals surface area contributed by atoms with Crippen molar-refractivity contribution in [3.05, 3.63) is 60.2 Å². The second-order valence-corrected chi connectivity index (χ2v) is 5.08. The largest absolute Gasteiger partial charge is 0.435 e. The maximum absolute atomic E-state index is 13.4. The number of anilines is 1. The van der Waals surface area contributed by atoms with Crippen molar-refractivity contribution in [2.75, 3.05) is 11.9 Å². The van der Waals surface area contributed by atoms with Crippen LogP contribution in [0.2, 0.25) is 0 Å². The van der Waals surface area contributed by atoms with Crippen molar-refractivity contribution < 1.29 is 17.9 Å². The van der Waals surface area contributed by atoms with Crippen LogP contribution in [0.1, 0.15) is 5.56 Å². The minimum atomic E-state index is -2.83. The van der Waals surface area contributed by atoms with Crippen molar-refractivity contribution in [1.82, 2.24) is 9.97 Å². The van der Waals surface area contributed by atoms with Crippen LogP contribution in [0.3, 0.4) is 0 Å². The topological polar surface area (TPSA) is 47.0 Å². The van der Waals surface area contributed by atoms with Gasteiger partial charge in [0.15, 0.2) is 0 Å². The zero-order valence-electron chi connectivity index (χ0n) is 12.5. The molecule has 0 atom stereocenters. The number of nitrogens with one attached hydrogen (secondary N) is 1. The van der Waals surface area contributed by atoms with Crippen LogP contribution in [-0.2, 0) is 6.42 Å². The van der Waals surface area contributed by atoms with E-state index in [9.17, 15) is 13.2 Å². The minimum absolute atomic E-state index is 0.124. The minimum Gasteiger partial charge on any atom is -0.435 e. The highest BCUT2D eigenvalue weighted by molar-refractivity contribution is 5.88. The van der Waals surface area contributed by atoms with E-state index < -0.39 is 6.61 Å². The summed E-state index contributed by atoms with van der Waals surface area (Å²) in [6, 6.07) is 10.8. The van der Waals surface area contributed by atoms with Crippen LogP contribution in [0.15, 0.2) is 48.8 Å². The molecule has 0 saturated heterocycles. The fourth-order valence-electron chi connectivity index (χ4n) is 2.33. The molecular formula is C17H14F3N3O. The van der Waals surface area contributed by atoms with Crippen molar-refractivity contribution >= 4 is 16.7 Å². The molecule has 1 N–H and O–H groups in total. The maximum Gasteiger partial charge on any atom is 0.387 e. The van der Waals surface area contributed by atoms with E-state index >= 15 is 0 Å². The molecule has 0 aliphatic carbocycles. The van der Waals surface area contributed by atoms with Gasteiger partial charge >= 0.3 is 6.61 Å². The first-order valence-electron chi connectivity index (χ1n) is 7.30. The fourth-order valence-corrected chi connectivity index (χ4v) is 2.33. The number of benzene rings is 2. The van der Waals surface area contributed by atoms with Gasteiger partial charge in [-0.2, -0.15) is 8.78 Å². The van der Waals surface area contributed by atoms with E-state index in [0.717, 1.165) is 5.56 Å². The van der Waals surface area contributed by atoms with Crippen molar-refractivity contribution in [2.24, 2.45) is 0 Å². The molecule has 1 heterocycles. The lowest BCUT2D eigenvalue weighted by Gasteiger charge is -2.09. The number of hydrogen-bond acceptors (Lipinski definition) is 4. The molecule has 0 aliphatic heterocycles. The van der Waals surface area contributed by atoms with Gasteiger partial charge in [0.1, 0.15) is 23.7 Å². The number of aromatic nitrogens is 2. The Hall–Kier alpha value is -2.83. The lowest BCUT2D eigenvalue weighted by molar-refractivity contribution is -0.0498. The molecule has 0 unspecified atom stereocenters. The summed E-state index contributed by atoms with van der Waals surface area (Å²) in [5.41, 5.74) is 1.61. The average molecular weight is 333 g/mol. The van der Waals surface area contributed by atoms with Gasteiger partial charge in [0.25, 0.3) is 0 Å². The summed E-state index contributed by atoms with van der Waals surface area (Å²) < 4.78 is 41.9. The Balaban J connectivity index is 1.63. The predicted octanol–water partition coefficient (Wildman–Crippen LogP) is 4.02. The molecule has 0 fully saturated rings. The first-order valence-corrected chi connectivity index (χ1v) is 7.30. The second-order valence-electron chi connectivity index (χ2n) is 5.08. The van der Waals surface area contributed by atoms with Crippen LogP contribution >= 0.6 is 0 Å². The highest BCUT2D eigenvalue weighted by Gasteiger charge is 2.06. The highest BCUT2D eigenvalue weighted by Crippen LogP contribution is 2.20. The number of fused-ring (bicyclic) bond motifs is 1. The van der Waals surface area contributed by atoms with E-state index in [1.54, 1.807) is 18.2 Å². The van der Waals surface area contributed by atoms with Crippen molar-refractivity contribution in [3.8, 4) is 5.75 Å². The summed E-state index contributed by atoms with van der Waals surface area (Å²) in [6.07, 6.45) is 2.06. The standard InChI is InChI=1S/C17H14F3N3O/c18-12-3-6-15-14(9-12)16(23-10-22-15)21-8-7-11-1-4-13(5-2-11)24-17(19)20/h1-6,9-10,17H,7-8H2,(H,21,22,23). The Bertz CT molecular complexity index is 825. The van der Waals surface area contributed by atoms with Crippen LogP contribution in [0.25, 0.3) is 10.9 Å². The lowest BCUT2D eigenvalue weighted by Crippen LogP contribution is -2.07. The molecule has 0 radical (unpaired) electrons. The van der Waals surface area contributed by atoms with Crippen LogP contribution in [0, 0.1) is 5.82 Å². The van der Waals surface area contributed by atoms with Gasteiger partial charge in [-0.1, -0.05) is 12.1 Å². The molecule has 0 spiro atoms. The van der Waals surface area contributed by atoms with E-state index in [1.165, 1.54) is 30.6 Å². The molecule has 1 aromatic heterocycles. The van der Waals surface area contributed by atoms with Crippen LogP contribution in [0.5, 0.6) is 5.75 Å². The number of nitrogens with zero attached hydrogens (tertiary/aromatic N) is 2. The Labute approximate surface area is 136 Å². The summed E-state index contributed by atoms with van der Waals surface area (Å²) in [5, 5.41) is 3.75. The molecule has 2 aromatic carbocycles. The third-order valence-corrected chi connectivity index (χ3v) is 3.45. The van der Waals surface area contributed by atoms with Gasteiger partial charge in [-0.05, 0) is 42.3 Å². The monoisotopic (exact) mass is 333 g/mol.